The molecular formula is C15H15N3O2. The van der Waals surface area contributed by atoms with E-state index in [1.807, 2.05) is 6.07 Å². The highest BCUT2D eigenvalue weighted by atomic mass is 16.5. The fraction of sp³-hybridized carbons (Fsp3) is 0.400. The van der Waals surface area contributed by atoms with Crippen LogP contribution in [0.4, 0.5) is 0 Å². The summed E-state index contributed by atoms with van der Waals surface area (Å²) in [6, 6.07) is 10.7. The lowest BCUT2D eigenvalue weighted by atomic mass is 10.00. The molecule has 1 saturated carbocycles. The van der Waals surface area contributed by atoms with E-state index in [0.29, 0.717) is 24.2 Å². The Bertz CT molecular complexity index is 560. The van der Waals surface area contributed by atoms with Crippen molar-refractivity contribution in [3.63, 3.8) is 0 Å². The standard InChI is InChI=1S/C15H15N3O2/c16-9-12-3-5-13(6-4-12)20-10-14(19)18-15(11-17)7-1-2-8-15/h3-6H,1-2,7-8,10H2,(H,18,19). The number of carbonyl (C=O) groups is 1. The van der Waals surface area contributed by atoms with E-state index < -0.39 is 5.54 Å². The molecule has 1 aromatic rings. The van der Waals surface area contributed by atoms with Crippen molar-refractivity contribution in [3.05, 3.63) is 29.8 Å². The van der Waals surface area contributed by atoms with Crippen molar-refractivity contribution in [1.29, 1.82) is 10.5 Å². The highest BCUT2D eigenvalue weighted by Gasteiger charge is 2.35. The molecule has 0 heterocycles. The predicted octanol–water partition coefficient (Wildman–Crippen LogP) is 1.89. The number of hydrogen-bond donors (Lipinski definition) is 1. The Hall–Kier alpha value is -2.53. The van der Waals surface area contributed by atoms with Gasteiger partial charge in [0.05, 0.1) is 17.7 Å². The van der Waals surface area contributed by atoms with E-state index in [1.54, 1.807) is 24.3 Å². The molecule has 0 atom stereocenters. The largest absolute Gasteiger partial charge is 0.484 e. The summed E-state index contributed by atoms with van der Waals surface area (Å²) in [6.07, 6.45) is 3.33. The van der Waals surface area contributed by atoms with Gasteiger partial charge in [-0.25, -0.2) is 0 Å². The summed E-state index contributed by atoms with van der Waals surface area (Å²) in [4.78, 5) is 11.8. The zero-order valence-electron chi connectivity index (χ0n) is 11.1. The first kappa shape index (κ1) is 13.9. The molecule has 20 heavy (non-hydrogen) atoms. The summed E-state index contributed by atoms with van der Waals surface area (Å²) in [5.41, 5.74) is -0.179. The van der Waals surface area contributed by atoms with E-state index >= 15 is 0 Å². The molecule has 102 valence electrons. The molecule has 0 bridgehead atoms. The van der Waals surface area contributed by atoms with Gasteiger partial charge in [-0.1, -0.05) is 0 Å². The molecule has 0 unspecified atom stereocenters. The Balaban J connectivity index is 1.86. The van der Waals surface area contributed by atoms with Crippen molar-refractivity contribution >= 4 is 5.91 Å². The van der Waals surface area contributed by atoms with Gasteiger partial charge in [0.1, 0.15) is 11.3 Å². The number of nitrogens with zero attached hydrogens (tertiary/aromatic N) is 2. The van der Waals surface area contributed by atoms with Crippen LogP contribution >= 0.6 is 0 Å². The lowest BCUT2D eigenvalue weighted by Gasteiger charge is -2.21. The fourth-order valence-corrected chi connectivity index (χ4v) is 2.32. The topological polar surface area (TPSA) is 85.9 Å². The number of amides is 1. The maximum Gasteiger partial charge on any atom is 0.259 e. The van der Waals surface area contributed by atoms with Crippen LogP contribution in [0.5, 0.6) is 5.75 Å². The second kappa shape index (κ2) is 6.08. The molecule has 0 aliphatic heterocycles. The maximum absolute atomic E-state index is 11.8. The van der Waals surface area contributed by atoms with Gasteiger partial charge >= 0.3 is 0 Å². The Morgan fingerprint density at radius 2 is 1.90 bits per heavy atom. The molecular weight excluding hydrogens is 254 g/mol. The maximum atomic E-state index is 11.8. The van der Waals surface area contributed by atoms with Crippen molar-refractivity contribution in [3.8, 4) is 17.9 Å². The van der Waals surface area contributed by atoms with Crippen LogP contribution < -0.4 is 10.1 Å². The average molecular weight is 269 g/mol. The second-order valence-corrected chi connectivity index (χ2v) is 4.87. The van der Waals surface area contributed by atoms with E-state index in [0.717, 1.165) is 12.8 Å². The first-order valence-electron chi connectivity index (χ1n) is 6.53. The van der Waals surface area contributed by atoms with E-state index in [9.17, 15) is 10.1 Å². The minimum atomic E-state index is -0.717. The van der Waals surface area contributed by atoms with E-state index in [-0.39, 0.29) is 12.5 Å². The third-order valence-corrected chi connectivity index (χ3v) is 3.40. The number of benzene rings is 1. The quantitative estimate of drug-likeness (QED) is 0.904. The molecule has 0 saturated heterocycles. The van der Waals surface area contributed by atoms with Crippen LogP contribution in [0, 0.1) is 22.7 Å². The smallest absolute Gasteiger partial charge is 0.259 e. The zero-order chi connectivity index (χ0) is 14.4. The number of ether oxygens (including phenoxy) is 1. The summed E-state index contributed by atoms with van der Waals surface area (Å²) < 4.78 is 5.34. The van der Waals surface area contributed by atoms with E-state index in [4.69, 9.17) is 10.00 Å². The van der Waals surface area contributed by atoms with Crippen LogP contribution in [0.15, 0.2) is 24.3 Å². The highest BCUT2D eigenvalue weighted by Crippen LogP contribution is 2.28. The minimum Gasteiger partial charge on any atom is -0.484 e. The predicted molar refractivity (Wildman–Crippen MR) is 71.6 cm³/mol. The van der Waals surface area contributed by atoms with Crippen LogP contribution in [0.2, 0.25) is 0 Å². The lowest BCUT2D eigenvalue weighted by Crippen LogP contribution is -2.47. The molecule has 2 rings (SSSR count). The van der Waals surface area contributed by atoms with Gasteiger partial charge in [-0.2, -0.15) is 10.5 Å². The molecule has 0 aromatic heterocycles. The molecule has 1 aliphatic rings. The van der Waals surface area contributed by atoms with Gasteiger partial charge in [0, 0.05) is 0 Å². The van der Waals surface area contributed by atoms with Crippen molar-refractivity contribution in [1.82, 2.24) is 5.32 Å². The third kappa shape index (κ3) is 3.27. The van der Waals surface area contributed by atoms with Crippen molar-refractivity contribution in [2.45, 2.75) is 31.2 Å². The van der Waals surface area contributed by atoms with Gasteiger partial charge in [0.15, 0.2) is 6.61 Å². The number of carbonyl (C=O) groups excluding carboxylic acids is 1. The molecule has 1 aliphatic carbocycles. The number of rotatable bonds is 4. The van der Waals surface area contributed by atoms with Gasteiger partial charge in [0.2, 0.25) is 0 Å². The third-order valence-electron chi connectivity index (χ3n) is 3.40. The van der Waals surface area contributed by atoms with Gasteiger partial charge in [0.25, 0.3) is 5.91 Å². The molecule has 0 spiro atoms. The molecule has 1 aromatic carbocycles. The summed E-state index contributed by atoms with van der Waals surface area (Å²) in [7, 11) is 0. The minimum absolute atomic E-state index is 0.130. The number of nitriles is 2. The Morgan fingerprint density at radius 3 is 2.45 bits per heavy atom. The van der Waals surface area contributed by atoms with E-state index in [2.05, 4.69) is 11.4 Å². The lowest BCUT2D eigenvalue weighted by molar-refractivity contribution is -0.124. The highest BCUT2D eigenvalue weighted by molar-refractivity contribution is 5.79. The molecule has 1 N–H and O–H groups in total. The Morgan fingerprint density at radius 1 is 1.25 bits per heavy atom. The van der Waals surface area contributed by atoms with Crippen LogP contribution in [0.1, 0.15) is 31.2 Å². The molecule has 1 amide bonds. The Labute approximate surface area is 117 Å². The summed E-state index contributed by atoms with van der Waals surface area (Å²) in [5, 5.41) is 20.6. The van der Waals surface area contributed by atoms with Gasteiger partial charge < -0.3 is 10.1 Å². The zero-order valence-corrected chi connectivity index (χ0v) is 11.1. The summed E-state index contributed by atoms with van der Waals surface area (Å²) in [6.45, 7) is -0.130. The van der Waals surface area contributed by atoms with Crippen LogP contribution in [-0.2, 0) is 4.79 Å². The molecule has 1 fully saturated rings. The SMILES string of the molecule is N#Cc1ccc(OCC(=O)NC2(C#N)CCCC2)cc1. The van der Waals surface area contributed by atoms with E-state index in [1.165, 1.54) is 0 Å². The average Bonchev–Trinajstić information content (AvgIpc) is 2.95. The second-order valence-electron chi connectivity index (χ2n) is 4.87. The first-order chi connectivity index (χ1) is 9.67. The summed E-state index contributed by atoms with van der Waals surface area (Å²) >= 11 is 0. The molecule has 0 radical (unpaired) electrons. The normalized spacial score (nSPS) is 15.9. The van der Waals surface area contributed by atoms with Crippen molar-refractivity contribution in [2.75, 3.05) is 6.61 Å². The van der Waals surface area contributed by atoms with Crippen molar-refractivity contribution < 1.29 is 9.53 Å². The monoisotopic (exact) mass is 269 g/mol. The van der Waals surface area contributed by atoms with Crippen LogP contribution in [0.25, 0.3) is 0 Å². The van der Waals surface area contributed by atoms with Crippen molar-refractivity contribution in [2.24, 2.45) is 0 Å². The number of hydrogen-bond acceptors (Lipinski definition) is 4. The van der Waals surface area contributed by atoms with Crippen LogP contribution in [-0.4, -0.2) is 18.1 Å². The van der Waals surface area contributed by atoms with Gasteiger partial charge in [-0.3, -0.25) is 4.79 Å². The van der Waals surface area contributed by atoms with Gasteiger partial charge in [-0.05, 0) is 49.9 Å². The summed E-state index contributed by atoms with van der Waals surface area (Å²) in [5.74, 6) is 0.231. The Kier molecular flexibility index (Phi) is 4.22. The fourth-order valence-electron chi connectivity index (χ4n) is 2.32. The van der Waals surface area contributed by atoms with Crippen LogP contribution in [0.3, 0.4) is 0 Å². The molecule has 5 heteroatoms. The van der Waals surface area contributed by atoms with Gasteiger partial charge in [-0.15, -0.1) is 0 Å². The molecule has 5 nitrogen and oxygen atoms in total. The number of nitrogens with one attached hydrogen (secondary N) is 1. The first-order valence-corrected chi connectivity index (χ1v) is 6.53.